The van der Waals surface area contributed by atoms with Crippen LogP contribution >= 0.6 is 7.82 Å². The van der Waals surface area contributed by atoms with Crippen molar-refractivity contribution >= 4 is 19.8 Å². The molecule has 0 amide bonds. The number of ether oxygens (including phenoxy) is 2. The minimum atomic E-state index is -4.77. The average Bonchev–Trinajstić information content (AvgIpc) is 3.11. The van der Waals surface area contributed by atoms with Gasteiger partial charge < -0.3 is 19.3 Å². The van der Waals surface area contributed by atoms with Gasteiger partial charge in [-0.25, -0.2) is 4.57 Å². The van der Waals surface area contributed by atoms with E-state index in [-0.39, 0.29) is 19.4 Å². The Hall–Kier alpha value is -2.25. The molecule has 2 N–H and O–H groups in total. The lowest BCUT2D eigenvalue weighted by Crippen LogP contribution is -2.29. The van der Waals surface area contributed by atoms with Gasteiger partial charge in [0.1, 0.15) is 6.61 Å². The van der Waals surface area contributed by atoms with E-state index in [4.69, 9.17) is 19.3 Å². The van der Waals surface area contributed by atoms with Gasteiger partial charge in [-0.05, 0) is 77.0 Å². The molecule has 0 aliphatic carbocycles. The Kier molecular flexibility index (Phi) is 36.8. The Morgan fingerprint density at radius 2 is 0.885 bits per heavy atom. The lowest BCUT2D eigenvalue weighted by molar-refractivity contribution is -0.161. The number of carbonyl (C=O) groups excluding carboxylic acids is 2. The summed E-state index contributed by atoms with van der Waals surface area (Å²) in [4.78, 5) is 42.8. The zero-order valence-corrected chi connectivity index (χ0v) is 33.8. The van der Waals surface area contributed by atoms with Crippen LogP contribution in [0, 0.1) is 0 Å². The molecule has 0 aromatic rings. The summed E-state index contributed by atoms with van der Waals surface area (Å²) >= 11 is 0. The number of phosphoric ester groups is 1. The second-order valence-electron chi connectivity index (χ2n) is 13.6. The number of rotatable bonds is 37. The summed E-state index contributed by atoms with van der Waals surface area (Å²) in [5.41, 5.74) is 0. The van der Waals surface area contributed by atoms with Crippen LogP contribution in [0.5, 0.6) is 0 Å². The highest BCUT2D eigenvalue weighted by Crippen LogP contribution is 2.36. The topological polar surface area (TPSA) is 119 Å². The van der Waals surface area contributed by atoms with Gasteiger partial charge in [0.25, 0.3) is 0 Å². The fourth-order valence-corrected chi connectivity index (χ4v) is 5.78. The summed E-state index contributed by atoms with van der Waals surface area (Å²) < 4.78 is 26.3. The van der Waals surface area contributed by atoms with Gasteiger partial charge in [0.15, 0.2) is 6.10 Å². The third-order valence-electron chi connectivity index (χ3n) is 8.51. The zero-order valence-electron chi connectivity index (χ0n) is 32.9. The van der Waals surface area contributed by atoms with Crippen LogP contribution < -0.4 is 0 Å². The molecular weight excluding hydrogens is 675 g/mol. The highest BCUT2D eigenvalue weighted by Gasteiger charge is 2.22. The SMILES string of the molecule is CCCCC/C=C/C/C=C/C/C=C/C/C=C/CCCC(=O)OC[C@H](COP(=O)(O)O)OC(=O)CCCCCCCCC/C=C/CCCCCCCC. The third kappa shape index (κ3) is 40.5. The number of phosphoric acid groups is 1. The second-order valence-corrected chi connectivity index (χ2v) is 14.8. The van der Waals surface area contributed by atoms with Crippen LogP contribution in [-0.2, 0) is 28.2 Å². The number of esters is 2. The van der Waals surface area contributed by atoms with Gasteiger partial charge in [-0.1, -0.05) is 152 Å². The molecule has 52 heavy (non-hydrogen) atoms. The molecule has 0 aliphatic heterocycles. The first-order valence-electron chi connectivity index (χ1n) is 20.6. The molecular formula is C43H75O8P. The van der Waals surface area contributed by atoms with Gasteiger partial charge >= 0.3 is 19.8 Å². The highest BCUT2D eigenvalue weighted by molar-refractivity contribution is 7.46. The first kappa shape index (κ1) is 49.8. The third-order valence-corrected chi connectivity index (χ3v) is 8.99. The van der Waals surface area contributed by atoms with Crippen LogP contribution in [0.25, 0.3) is 0 Å². The van der Waals surface area contributed by atoms with Gasteiger partial charge in [-0.2, -0.15) is 0 Å². The van der Waals surface area contributed by atoms with Crippen molar-refractivity contribution < 1.29 is 37.9 Å². The van der Waals surface area contributed by atoms with Crippen LogP contribution in [0.4, 0.5) is 0 Å². The second kappa shape index (κ2) is 38.5. The molecule has 0 rings (SSSR count). The largest absolute Gasteiger partial charge is 0.469 e. The maximum Gasteiger partial charge on any atom is 0.469 e. The van der Waals surface area contributed by atoms with Crippen molar-refractivity contribution in [2.24, 2.45) is 0 Å². The maximum absolute atomic E-state index is 12.4. The lowest BCUT2D eigenvalue weighted by Gasteiger charge is -2.18. The van der Waals surface area contributed by atoms with Gasteiger partial charge in [0.2, 0.25) is 0 Å². The summed E-state index contributed by atoms with van der Waals surface area (Å²) in [6, 6.07) is 0. The molecule has 0 fully saturated rings. The summed E-state index contributed by atoms with van der Waals surface area (Å²) in [5.74, 6) is -0.957. The Balaban J connectivity index is 4.04. The molecule has 9 heteroatoms. The minimum Gasteiger partial charge on any atom is -0.462 e. The molecule has 0 saturated heterocycles. The molecule has 0 aliphatic rings. The monoisotopic (exact) mass is 751 g/mol. The van der Waals surface area contributed by atoms with E-state index in [0.29, 0.717) is 12.8 Å². The normalized spacial score (nSPS) is 13.1. The fraction of sp³-hybridized carbons (Fsp3) is 0.721. The van der Waals surface area contributed by atoms with Crippen LogP contribution in [0.15, 0.2) is 60.8 Å². The molecule has 0 bridgehead atoms. The van der Waals surface area contributed by atoms with Gasteiger partial charge in [0.05, 0.1) is 6.61 Å². The van der Waals surface area contributed by atoms with Crippen LogP contribution in [0.3, 0.4) is 0 Å². The summed E-state index contributed by atoms with van der Waals surface area (Å²) in [6.45, 7) is 3.60. The molecule has 0 radical (unpaired) electrons. The predicted octanol–water partition coefficient (Wildman–Crippen LogP) is 12.5. The van der Waals surface area contributed by atoms with E-state index in [1.165, 1.54) is 89.9 Å². The number of carbonyl (C=O) groups is 2. The Bertz CT molecular complexity index is 1030. The molecule has 300 valence electrons. The average molecular weight is 751 g/mol. The molecule has 0 aromatic carbocycles. The molecule has 0 heterocycles. The molecule has 0 saturated carbocycles. The Morgan fingerprint density at radius 1 is 0.500 bits per heavy atom. The predicted molar refractivity (Wildman–Crippen MR) is 216 cm³/mol. The van der Waals surface area contributed by atoms with Gasteiger partial charge in [-0.15, -0.1) is 0 Å². The minimum absolute atomic E-state index is 0.188. The van der Waals surface area contributed by atoms with Crippen LogP contribution in [0.1, 0.15) is 181 Å². The lowest BCUT2D eigenvalue weighted by atomic mass is 10.1. The molecule has 8 nitrogen and oxygen atoms in total. The summed E-state index contributed by atoms with van der Waals surface area (Å²) in [5, 5.41) is 0. The standard InChI is InChI=1S/C43H75O8P/c1-3-5-7-9-11-13-15-17-19-21-23-25-27-29-31-33-35-37-42(44)49-39-41(40-50-52(46,47)48)51-43(45)38-36-34-32-30-28-26-24-22-20-18-16-14-12-10-8-6-4-2/h11,13,17-20,23,25,29,31,41H,3-10,12,14-16,21-22,24,26-28,30,32-40H2,1-2H3,(H2,46,47,48)/b13-11+,19-17+,20-18+,25-23+,31-29+/t41-/m1/s1. The summed E-state index contributed by atoms with van der Waals surface area (Å²) in [7, 11) is -4.77. The number of allylic oxidation sites excluding steroid dienone is 10. The van der Waals surface area contributed by atoms with E-state index in [0.717, 1.165) is 51.4 Å². The van der Waals surface area contributed by atoms with Crippen molar-refractivity contribution in [3.8, 4) is 0 Å². The van der Waals surface area contributed by atoms with E-state index in [1.54, 1.807) is 0 Å². The van der Waals surface area contributed by atoms with E-state index < -0.39 is 32.5 Å². The number of hydrogen-bond acceptors (Lipinski definition) is 6. The van der Waals surface area contributed by atoms with Crippen molar-refractivity contribution in [2.45, 2.75) is 187 Å². The molecule has 1 atom stereocenters. The highest BCUT2D eigenvalue weighted by atomic mass is 31.2. The summed E-state index contributed by atoms with van der Waals surface area (Å²) in [6.07, 6.45) is 48.0. The Labute approximate surface area is 317 Å². The smallest absolute Gasteiger partial charge is 0.462 e. The van der Waals surface area contributed by atoms with E-state index in [9.17, 15) is 14.2 Å². The van der Waals surface area contributed by atoms with E-state index in [2.05, 4.69) is 73.1 Å². The van der Waals surface area contributed by atoms with Crippen molar-refractivity contribution in [3.63, 3.8) is 0 Å². The molecule has 0 unspecified atom stereocenters. The first-order valence-corrected chi connectivity index (χ1v) is 22.1. The number of unbranched alkanes of at least 4 members (excludes halogenated alkanes) is 17. The molecule has 0 spiro atoms. The number of hydrogen-bond donors (Lipinski definition) is 2. The molecule has 0 aromatic heterocycles. The zero-order chi connectivity index (χ0) is 38.2. The maximum atomic E-state index is 12.4. The Morgan fingerprint density at radius 3 is 1.40 bits per heavy atom. The fourth-order valence-electron chi connectivity index (χ4n) is 5.42. The van der Waals surface area contributed by atoms with Crippen molar-refractivity contribution in [1.29, 1.82) is 0 Å². The van der Waals surface area contributed by atoms with Crippen molar-refractivity contribution in [2.75, 3.05) is 13.2 Å². The van der Waals surface area contributed by atoms with Crippen LogP contribution in [0.2, 0.25) is 0 Å². The van der Waals surface area contributed by atoms with Crippen LogP contribution in [-0.4, -0.2) is 41.0 Å². The van der Waals surface area contributed by atoms with E-state index in [1.807, 2.05) is 6.08 Å². The van der Waals surface area contributed by atoms with Gasteiger partial charge in [-0.3, -0.25) is 14.1 Å². The van der Waals surface area contributed by atoms with Crippen molar-refractivity contribution in [1.82, 2.24) is 0 Å². The van der Waals surface area contributed by atoms with Crippen molar-refractivity contribution in [3.05, 3.63) is 60.8 Å². The first-order chi connectivity index (χ1) is 25.3. The van der Waals surface area contributed by atoms with E-state index >= 15 is 0 Å². The van der Waals surface area contributed by atoms with Gasteiger partial charge in [0, 0.05) is 12.8 Å². The quantitative estimate of drug-likeness (QED) is 0.0279.